The number of carbonyl (C=O) groups excluding carboxylic acids is 3. The van der Waals surface area contributed by atoms with Crippen LogP contribution in [0.5, 0.6) is 5.75 Å². The highest BCUT2D eigenvalue weighted by Gasteiger charge is 2.44. The molecule has 2 N–H and O–H groups in total. The number of piperidine rings is 1. The predicted molar refractivity (Wildman–Crippen MR) is 154 cm³/mol. The van der Waals surface area contributed by atoms with Gasteiger partial charge in [-0.05, 0) is 65.7 Å². The zero-order chi connectivity index (χ0) is 32.7. The zero-order valence-electron chi connectivity index (χ0n) is 25.7. The van der Waals surface area contributed by atoms with Crippen LogP contribution in [0.1, 0.15) is 69.8 Å². The van der Waals surface area contributed by atoms with E-state index >= 15 is 8.78 Å². The van der Waals surface area contributed by atoms with E-state index in [0.717, 1.165) is 12.1 Å². The SMILES string of the molecule is CCN(C(=O)c1cc2c(cc1F)OC(C)(C)C(=O)N2CCN)[C@H]1CN(C(=O)OC(C)(C)C)CC[C@@H]1c1cc(F)c(F)cc1F. The Morgan fingerprint density at radius 3 is 2.34 bits per heavy atom. The van der Waals surface area contributed by atoms with Gasteiger partial charge in [0.1, 0.15) is 23.0 Å². The summed E-state index contributed by atoms with van der Waals surface area (Å²) in [6.45, 7) is 9.85. The second-order valence-electron chi connectivity index (χ2n) is 12.4. The lowest BCUT2D eigenvalue weighted by atomic mass is 9.83. The fraction of sp³-hybridized carbons (Fsp3) is 0.516. The molecule has 13 heteroatoms. The van der Waals surface area contributed by atoms with E-state index in [1.807, 2.05) is 0 Å². The largest absolute Gasteiger partial charge is 0.476 e. The molecule has 2 aliphatic rings. The molecule has 0 aliphatic carbocycles. The summed E-state index contributed by atoms with van der Waals surface area (Å²) in [7, 11) is 0. The molecule has 2 aromatic rings. The van der Waals surface area contributed by atoms with Crippen molar-refractivity contribution in [3.8, 4) is 5.75 Å². The van der Waals surface area contributed by atoms with E-state index in [-0.39, 0.29) is 56.1 Å². The van der Waals surface area contributed by atoms with Crippen LogP contribution in [0.15, 0.2) is 24.3 Å². The van der Waals surface area contributed by atoms with E-state index in [2.05, 4.69) is 0 Å². The van der Waals surface area contributed by atoms with Crippen molar-refractivity contribution in [2.75, 3.05) is 37.6 Å². The summed E-state index contributed by atoms with van der Waals surface area (Å²) in [6, 6.07) is 2.43. The molecule has 2 atom stereocenters. The minimum Gasteiger partial charge on any atom is -0.476 e. The van der Waals surface area contributed by atoms with Crippen molar-refractivity contribution in [2.45, 2.75) is 71.1 Å². The number of hydrogen-bond donors (Lipinski definition) is 1. The molecule has 0 aromatic heterocycles. The maximum atomic E-state index is 15.6. The number of nitrogens with zero attached hydrogens (tertiary/aromatic N) is 3. The van der Waals surface area contributed by atoms with Gasteiger partial charge in [-0.2, -0.15) is 0 Å². The van der Waals surface area contributed by atoms with Crippen LogP contribution in [0.25, 0.3) is 0 Å². The van der Waals surface area contributed by atoms with E-state index in [9.17, 15) is 23.2 Å². The molecule has 0 unspecified atom stereocenters. The lowest BCUT2D eigenvalue weighted by molar-refractivity contribution is -0.132. The van der Waals surface area contributed by atoms with Gasteiger partial charge in [-0.3, -0.25) is 9.59 Å². The number of anilines is 1. The molecule has 0 bridgehead atoms. The predicted octanol–water partition coefficient (Wildman–Crippen LogP) is 4.96. The average Bonchev–Trinajstić information content (AvgIpc) is 2.92. The van der Waals surface area contributed by atoms with Gasteiger partial charge in [-0.25, -0.2) is 22.4 Å². The summed E-state index contributed by atoms with van der Waals surface area (Å²) in [6.07, 6.45) is -0.602. The maximum absolute atomic E-state index is 15.6. The third-order valence-electron chi connectivity index (χ3n) is 7.72. The second kappa shape index (κ2) is 12.3. The number of fused-ring (bicyclic) bond motifs is 1. The topological polar surface area (TPSA) is 105 Å². The quantitative estimate of drug-likeness (QED) is 0.361. The van der Waals surface area contributed by atoms with Crippen molar-refractivity contribution in [3.05, 3.63) is 58.7 Å². The number of nitrogens with two attached hydrogens (primary N) is 1. The van der Waals surface area contributed by atoms with Gasteiger partial charge in [0.15, 0.2) is 17.2 Å². The molecular weight excluding hydrogens is 584 g/mol. The molecule has 0 saturated carbocycles. The number of carbonyl (C=O) groups is 3. The Bertz CT molecular complexity index is 1460. The first-order valence-electron chi connectivity index (χ1n) is 14.5. The molecule has 2 heterocycles. The minimum atomic E-state index is -1.37. The molecule has 3 amide bonds. The van der Waals surface area contributed by atoms with Gasteiger partial charge in [0.05, 0.1) is 17.3 Å². The minimum absolute atomic E-state index is 0.0149. The smallest absolute Gasteiger partial charge is 0.410 e. The van der Waals surface area contributed by atoms with Gasteiger partial charge in [0.25, 0.3) is 11.8 Å². The van der Waals surface area contributed by atoms with Crippen LogP contribution >= 0.6 is 0 Å². The molecule has 0 radical (unpaired) electrons. The van der Waals surface area contributed by atoms with Gasteiger partial charge < -0.3 is 29.9 Å². The Morgan fingerprint density at radius 1 is 1.07 bits per heavy atom. The Balaban J connectivity index is 1.78. The van der Waals surface area contributed by atoms with E-state index in [1.54, 1.807) is 27.7 Å². The molecule has 0 spiro atoms. The van der Waals surface area contributed by atoms with Gasteiger partial charge in [0.2, 0.25) is 0 Å². The third-order valence-corrected chi connectivity index (χ3v) is 7.72. The van der Waals surface area contributed by atoms with E-state index in [4.69, 9.17) is 15.2 Å². The van der Waals surface area contributed by atoms with E-state index in [0.29, 0.717) is 6.07 Å². The van der Waals surface area contributed by atoms with Crippen LogP contribution in [0.3, 0.4) is 0 Å². The number of amides is 3. The van der Waals surface area contributed by atoms with Crippen molar-refractivity contribution in [1.29, 1.82) is 0 Å². The van der Waals surface area contributed by atoms with E-state index in [1.165, 1.54) is 34.6 Å². The average molecular weight is 623 g/mol. The number of likely N-dealkylation sites (N-methyl/N-ethyl adjacent to an activating group) is 1. The number of hydrogen-bond acceptors (Lipinski definition) is 6. The first-order valence-corrected chi connectivity index (χ1v) is 14.5. The van der Waals surface area contributed by atoms with Crippen LogP contribution in [-0.4, -0.2) is 77.7 Å². The Labute approximate surface area is 253 Å². The third kappa shape index (κ3) is 6.47. The van der Waals surface area contributed by atoms with Gasteiger partial charge in [0, 0.05) is 50.8 Å². The summed E-state index contributed by atoms with van der Waals surface area (Å²) >= 11 is 0. The van der Waals surface area contributed by atoms with Crippen LogP contribution in [0.2, 0.25) is 0 Å². The lowest BCUT2D eigenvalue weighted by Gasteiger charge is -2.44. The molecule has 4 rings (SSSR count). The Morgan fingerprint density at radius 2 is 1.73 bits per heavy atom. The highest BCUT2D eigenvalue weighted by Crippen LogP contribution is 2.41. The van der Waals surface area contributed by atoms with Crippen molar-refractivity contribution in [2.24, 2.45) is 5.73 Å². The number of rotatable bonds is 6. The Kier molecular flexibility index (Phi) is 9.20. The van der Waals surface area contributed by atoms with Crippen molar-refractivity contribution < 1.29 is 41.4 Å². The monoisotopic (exact) mass is 622 g/mol. The van der Waals surface area contributed by atoms with Gasteiger partial charge in [-0.15, -0.1) is 0 Å². The van der Waals surface area contributed by atoms with E-state index < -0.39 is 69.9 Å². The van der Waals surface area contributed by atoms with Crippen LogP contribution in [0.4, 0.5) is 28.0 Å². The zero-order valence-corrected chi connectivity index (χ0v) is 25.7. The van der Waals surface area contributed by atoms with Crippen molar-refractivity contribution in [1.82, 2.24) is 9.80 Å². The molecule has 2 aromatic carbocycles. The molecule has 44 heavy (non-hydrogen) atoms. The normalized spacial score (nSPS) is 19.8. The maximum Gasteiger partial charge on any atom is 0.410 e. The summed E-state index contributed by atoms with van der Waals surface area (Å²) in [5, 5.41) is 0. The molecular formula is C31H38F4N4O5. The number of ether oxygens (including phenoxy) is 2. The standard InChI is InChI=1S/C31H38F4N4O5/c1-7-38(27(40)19-13-24-26(15-21(19)33)43-31(5,6)28(41)39(24)11-9-36)25-16-37(29(42)44-30(2,3)4)10-8-17(25)18-12-22(34)23(35)14-20(18)32/h12-15,17,25H,7-11,16,36H2,1-6H3/t17-,25+/m1/s1. The highest BCUT2D eigenvalue weighted by molar-refractivity contribution is 6.04. The molecule has 9 nitrogen and oxygen atoms in total. The summed E-state index contributed by atoms with van der Waals surface area (Å²) in [5.74, 6) is -6.65. The Hall–Kier alpha value is -3.87. The first-order chi connectivity index (χ1) is 20.5. The van der Waals surface area contributed by atoms with Crippen LogP contribution in [-0.2, 0) is 9.53 Å². The number of benzene rings is 2. The second-order valence-corrected chi connectivity index (χ2v) is 12.4. The number of halogens is 4. The fourth-order valence-electron chi connectivity index (χ4n) is 5.71. The van der Waals surface area contributed by atoms with Gasteiger partial charge >= 0.3 is 6.09 Å². The molecule has 240 valence electrons. The number of likely N-dealkylation sites (tertiary alicyclic amines) is 1. The van der Waals surface area contributed by atoms with Crippen molar-refractivity contribution in [3.63, 3.8) is 0 Å². The first kappa shape index (κ1) is 33.0. The fourth-order valence-corrected chi connectivity index (χ4v) is 5.71. The summed E-state index contributed by atoms with van der Waals surface area (Å²) in [5.41, 5.74) is 3.18. The summed E-state index contributed by atoms with van der Waals surface area (Å²) < 4.78 is 70.1. The van der Waals surface area contributed by atoms with Crippen LogP contribution in [0, 0.1) is 23.3 Å². The molecule has 2 aliphatic heterocycles. The van der Waals surface area contributed by atoms with Gasteiger partial charge in [-0.1, -0.05) is 0 Å². The lowest BCUT2D eigenvalue weighted by Crippen LogP contribution is -2.56. The summed E-state index contributed by atoms with van der Waals surface area (Å²) in [4.78, 5) is 44.1. The highest BCUT2D eigenvalue weighted by atomic mass is 19.2. The molecule has 1 saturated heterocycles. The van der Waals surface area contributed by atoms with Crippen LogP contribution < -0.4 is 15.4 Å². The van der Waals surface area contributed by atoms with Crippen molar-refractivity contribution >= 4 is 23.6 Å². The molecule has 1 fully saturated rings.